The molecule has 2 heteroatoms. The molecule has 0 saturated carbocycles. The molecule has 0 aliphatic rings. The first-order chi connectivity index (χ1) is 4.80. The Hall–Kier alpha value is -0.920. The van der Waals surface area contributed by atoms with Gasteiger partial charge in [-0.2, -0.15) is 0 Å². The summed E-state index contributed by atoms with van der Waals surface area (Å²) in [4.78, 5) is 3.71. The average molecular weight is 141 g/mol. The third-order valence-corrected chi connectivity index (χ3v) is 0.952. The van der Waals surface area contributed by atoms with E-state index >= 15 is 0 Å². The zero-order chi connectivity index (χ0) is 7.98. The van der Waals surface area contributed by atoms with Gasteiger partial charge >= 0.3 is 0 Å². The molecule has 1 heterocycles. The summed E-state index contributed by atoms with van der Waals surface area (Å²) in [5.41, 5.74) is 0.590. The molecule has 56 valence electrons. The predicted molar refractivity (Wildman–Crippen MR) is 40.3 cm³/mol. The van der Waals surface area contributed by atoms with Gasteiger partial charge in [0, 0.05) is 18.0 Å². The molecule has 0 aromatic carbocycles. The monoisotopic (exact) mass is 141 g/mol. The molecule has 0 atom stereocenters. The standard InChI is InChI=1S/C6H6FN.C2H6/c1-5-4-8-3-2-6(5)7;1-2/h2-4H,1H3;1-2H3. The van der Waals surface area contributed by atoms with Crippen molar-refractivity contribution in [1.29, 1.82) is 0 Å². The summed E-state index contributed by atoms with van der Waals surface area (Å²) in [5.74, 6) is -0.194. The van der Waals surface area contributed by atoms with Crippen LogP contribution in [0.5, 0.6) is 0 Å². The minimum Gasteiger partial charge on any atom is -0.264 e. The number of pyridine rings is 1. The van der Waals surface area contributed by atoms with E-state index in [0.717, 1.165) is 0 Å². The van der Waals surface area contributed by atoms with Gasteiger partial charge in [0.25, 0.3) is 0 Å². The Morgan fingerprint density at radius 3 is 2.30 bits per heavy atom. The predicted octanol–water partition coefficient (Wildman–Crippen LogP) is 2.56. The van der Waals surface area contributed by atoms with Gasteiger partial charge in [-0.15, -0.1) is 0 Å². The third-order valence-electron chi connectivity index (χ3n) is 0.952. The second-order valence-electron chi connectivity index (χ2n) is 1.62. The van der Waals surface area contributed by atoms with E-state index in [1.54, 1.807) is 6.92 Å². The molecule has 1 aromatic heterocycles. The van der Waals surface area contributed by atoms with Crippen molar-refractivity contribution >= 4 is 0 Å². The van der Waals surface area contributed by atoms with Crippen molar-refractivity contribution in [2.24, 2.45) is 0 Å². The highest BCUT2D eigenvalue weighted by molar-refractivity contribution is 5.08. The van der Waals surface area contributed by atoms with E-state index < -0.39 is 0 Å². The van der Waals surface area contributed by atoms with Crippen LogP contribution < -0.4 is 0 Å². The summed E-state index contributed by atoms with van der Waals surface area (Å²) in [7, 11) is 0. The van der Waals surface area contributed by atoms with Crippen LogP contribution >= 0.6 is 0 Å². The van der Waals surface area contributed by atoms with Crippen LogP contribution in [-0.2, 0) is 0 Å². The lowest BCUT2D eigenvalue weighted by atomic mass is 10.3. The highest BCUT2D eigenvalue weighted by Crippen LogP contribution is 1.99. The molecule has 0 aliphatic heterocycles. The fourth-order valence-corrected chi connectivity index (χ4v) is 0.456. The topological polar surface area (TPSA) is 12.9 Å². The maximum atomic E-state index is 12.3. The molecule has 0 N–H and O–H groups in total. The SMILES string of the molecule is CC.Cc1cnccc1F. The molecule has 1 rings (SSSR count). The van der Waals surface area contributed by atoms with Gasteiger partial charge in [0.2, 0.25) is 0 Å². The summed E-state index contributed by atoms with van der Waals surface area (Å²) in [6.07, 6.45) is 2.93. The Bertz CT molecular complexity index is 165. The van der Waals surface area contributed by atoms with Gasteiger partial charge < -0.3 is 0 Å². The van der Waals surface area contributed by atoms with Crippen LogP contribution in [0.3, 0.4) is 0 Å². The van der Waals surface area contributed by atoms with Gasteiger partial charge in [-0.05, 0) is 13.0 Å². The molecule has 0 amide bonds. The van der Waals surface area contributed by atoms with E-state index in [0.29, 0.717) is 5.56 Å². The first-order valence-electron chi connectivity index (χ1n) is 3.37. The molecular formula is C8H12FN. The van der Waals surface area contributed by atoms with Crippen LogP contribution in [0.2, 0.25) is 0 Å². The summed E-state index contributed by atoms with van der Waals surface area (Å²) in [6.45, 7) is 5.68. The molecule has 1 aromatic rings. The fourth-order valence-electron chi connectivity index (χ4n) is 0.456. The van der Waals surface area contributed by atoms with E-state index in [1.165, 1.54) is 18.5 Å². The van der Waals surface area contributed by atoms with E-state index in [2.05, 4.69) is 4.98 Å². The second-order valence-corrected chi connectivity index (χ2v) is 1.62. The molecule has 0 aliphatic carbocycles. The van der Waals surface area contributed by atoms with Crippen molar-refractivity contribution in [3.63, 3.8) is 0 Å². The summed E-state index contributed by atoms with van der Waals surface area (Å²) in [5, 5.41) is 0. The number of hydrogen-bond acceptors (Lipinski definition) is 1. The van der Waals surface area contributed by atoms with Crippen LogP contribution in [0.15, 0.2) is 18.5 Å². The third kappa shape index (κ3) is 2.58. The van der Waals surface area contributed by atoms with Crippen LogP contribution in [0, 0.1) is 12.7 Å². The molecule has 0 unspecified atom stereocenters. The van der Waals surface area contributed by atoms with Gasteiger partial charge in [0.05, 0.1) is 0 Å². The van der Waals surface area contributed by atoms with Crippen LogP contribution in [-0.4, -0.2) is 4.98 Å². The highest BCUT2D eigenvalue weighted by Gasteiger charge is 1.89. The molecule has 1 nitrogen and oxygen atoms in total. The van der Waals surface area contributed by atoms with E-state index in [4.69, 9.17) is 0 Å². The van der Waals surface area contributed by atoms with Crippen molar-refractivity contribution in [3.05, 3.63) is 29.8 Å². The molecule has 0 fully saturated rings. The number of halogens is 1. The highest BCUT2D eigenvalue weighted by atomic mass is 19.1. The number of aryl methyl sites for hydroxylation is 1. The van der Waals surface area contributed by atoms with Crippen molar-refractivity contribution in [1.82, 2.24) is 4.98 Å². The van der Waals surface area contributed by atoms with Crippen LogP contribution in [0.4, 0.5) is 4.39 Å². The van der Waals surface area contributed by atoms with Crippen molar-refractivity contribution in [3.8, 4) is 0 Å². The normalized spacial score (nSPS) is 8.00. The molecule has 0 radical (unpaired) electrons. The molecule has 10 heavy (non-hydrogen) atoms. The average Bonchev–Trinajstić information content (AvgIpc) is 2.00. The van der Waals surface area contributed by atoms with Gasteiger partial charge in [0.1, 0.15) is 5.82 Å². The van der Waals surface area contributed by atoms with Crippen LogP contribution in [0.25, 0.3) is 0 Å². The van der Waals surface area contributed by atoms with Gasteiger partial charge in [-0.25, -0.2) is 4.39 Å². The maximum Gasteiger partial charge on any atom is 0.129 e. The second kappa shape index (κ2) is 4.91. The molecule has 0 spiro atoms. The van der Waals surface area contributed by atoms with Crippen molar-refractivity contribution < 1.29 is 4.39 Å². The van der Waals surface area contributed by atoms with Crippen LogP contribution in [0.1, 0.15) is 19.4 Å². The summed E-state index contributed by atoms with van der Waals surface area (Å²) >= 11 is 0. The lowest BCUT2D eigenvalue weighted by molar-refractivity contribution is 0.616. The maximum absolute atomic E-state index is 12.3. The lowest BCUT2D eigenvalue weighted by Crippen LogP contribution is -1.80. The number of rotatable bonds is 0. The van der Waals surface area contributed by atoms with E-state index in [1.807, 2.05) is 13.8 Å². The minimum atomic E-state index is -0.194. The van der Waals surface area contributed by atoms with Crippen molar-refractivity contribution in [2.45, 2.75) is 20.8 Å². The van der Waals surface area contributed by atoms with Gasteiger partial charge in [0.15, 0.2) is 0 Å². The first-order valence-corrected chi connectivity index (χ1v) is 3.37. The Balaban J connectivity index is 0.000000371. The zero-order valence-electron chi connectivity index (χ0n) is 6.56. The zero-order valence-corrected chi connectivity index (χ0v) is 6.56. The number of nitrogens with zero attached hydrogens (tertiary/aromatic N) is 1. The largest absolute Gasteiger partial charge is 0.264 e. The summed E-state index contributed by atoms with van der Waals surface area (Å²) < 4.78 is 12.3. The first kappa shape index (κ1) is 9.08. The molecule has 0 bridgehead atoms. The molecule has 0 saturated heterocycles. The van der Waals surface area contributed by atoms with E-state index in [9.17, 15) is 4.39 Å². The smallest absolute Gasteiger partial charge is 0.129 e. The fraction of sp³-hybridized carbons (Fsp3) is 0.375. The minimum absolute atomic E-state index is 0.194. The number of hydrogen-bond donors (Lipinski definition) is 0. The Morgan fingerprint density at radius 1 is 1.40 bits per heavy atom. The Labute approximate surface area is 60.9 Å². The number of aromatic nitrogens is 1. The Morgan fingerprint density at radius 2 is 2.00 bits per heavy atom. The quantitative estimate of drug-likeness (QED) is 0.541. The Kier molecular flexibility index (Phi) is 4.46. The van der Waals surface area contributed by atoms with E-state index in [-0.39, 0.29) is 5.82 Å². The lowest BCUT2D eigenvalue weighted by Gasteiger charge is -1.88. The van der Waals surface area contributed by atoms with Crippen molar-refractivity contribution in [2.75, 3.05) is 0 Å². The van der Waals surface area contributed by atoms with Gasteiger partial charge in [-0.1, -0.05) is 13.8 Å². The molecular weight excluding hydrogens is 129 g/mol. The van der Waals surface area contributed by atoms with Gasteiger partial charge in [-0.3, -0.25) is 4.98 Å². The summed E-state index contributed by atoms with van der Waals surface area (Å²) in [6, 6.07) is 1.34.